The van der Waals surface area contributed by atoms with Gasteiger partial charge in [-0.15, -0.1) is 0 Å². The molecule has 0 saturated heterocycles. The van der Waals surface area contributed by atoms with Crippen LogP contribution in [0.15, 0.2) is 48.5 Å². The van der Waals surface area contributed by atoms with Crippen molar-refractivity contribution >= 4 is 16.7 Å². The number of rotatable bonds is 6. The number of aromatic nitrogens is 1. The molecule has 1 aromatic heterocycles. The van der Waals surface area contributed by atoms with Crippen LogP contribution in [0.5, 0.6) is 0 Å². The number of halogens is 2. The Bertz CT molecular complexity index is 934. The van der Waals surface area contributed by atoms with Crippen LogP contribution < -0.4 is 0 Å². The number of hydrogen-bond acceptors (Lipinski definition) is 3. The van der Waals surface area contributed by atoms with Crippen molar-refractivity contribution < 1.29 is 13.6 Å². The monoisotopic (exact) mass is 354 g/mol. The molecule has 26 heavy (non-hydrogen) atoms. The van der Waals surface area contributed by atoms with Crippen LogP contribution in [0.1, 0.15) is 23.2 Å². The number of fused-ring (bicyclic) bond motifs is 1. The van der Waals surface area contributed by atoms with Crippen LogP contribution in [0, 0.1) is 11.6 Å². The zero-order valence-corrected chi connectivity index (χ0v) is 14.8. The van der Waals surface area contributed by atoms with Crippen molar-refractivity contribution in [2.24, 2.45) is 0 Å². The van der Waals surface area contributed by atoms with Crippen LogP contribution in [0.2, 0.25) is 0 Å². The van der Waals surface area contributed by atoms with Gasteiger partial charge in [0.1, 0.15) is 11.6 Å². The summed E-state index contributed by atoms with van der Waals surface area (Å²) in [5, 5.41) is 0.697. The highest BCUT2D eigenvalue weighted by atomic mass is 19.1. The van der Waals surface area contributed by atoms with Crippen molar-refractivity contribution in [3.05, 3.63) is 65.7 Å². The molecule has 0 saturated carbocycles. The van der Waals surface area contributed by atoms with Gasteiger partial charge >= 0.3 is 0 Å². The Labute approximate surface area is 151 Å². The van der Waals surface area contributed by atoms with E-state index < -0.39 is 11.6 Å². The molecule has 0 atom stereocenters. The zero-order valence-electron chi connectivity index (χ0n) is 14.8. The minimum absolute atomic E-state index is 0.0524. The van der Waals surface area contributed by atoms with E-state index in [1.165, 1.54) is 24.3 Å². The summed E-state index contributed by atoms with van der Waals surface area (Å²) in [6.07, 6.45) is 1.08. The molecule has 0 aliphatic heterocycles. The molecular weight excluding hydrogens is 334 g/mol. The molecule has 5 heteroatoms. The normalized spacial score (nSPS) is 11.3. The SMILES string of the molecule is CN(C)CCCC(=O)c1cc(-c2c(F)cccc2F)nc2ccccc12. The number of benzene rings is 2. The van der Waals surface area contributed by atoms with Gasteiger partial charge in [0, 0.05) is 17.4 Å². The van der Waals surface area contributed by atoms with Crippen molar-refractivity contribution in [1.29, 1.82) is 0 Å². The molecule has 0 amide bonds. The van der Waals surface area contributed by atoms with Gasteiger partial charge in [-0.2, -0.15) is 0 Å². The average molecular weight is 354 g/mol. The summed E-state index contributed by atoms with van der Waals surface area (Å²) in [7, 11) is 3.90. The second-order valence-corrected chi connectivity index (χ2v) is 6.50. The molecule has 2 aromatic carbocycles. The molecule has 3 nitrogen and oxygen atoms in total. The number of ketones is 1. The Kier molecular flexibility index (Phi) is 5.38. The van der Waals surface area contributed by atoms with E-state index in [0.29, 0.717) is 29.3 Å². The van der Waals surface area contributed by atoms with E-state index in [9.17, 15) is 13.6 Å². The van der Waals surface area contributed by atoms with Crippen LogP contribution in [0.3, 0.4) is 0 Å². The number of Topliss-reactive ketones (excluding diaryl/α,β-unsaturated/α-hetero) is 1. The lowest BCUT2D eigenvalue weighted by molar-refractivity contribution is 0.0979. The minimum Gasteiger partial charge on any atom is -0.309 e. The summed E-state index contributed by atoms with van der Waals surface area (Å²) in [5.41, 5.74) is 0.923. The number of nitrogens with zero attached hydrogens (tertiary/aromatic N) is 2. The molecule has 0 aliphatic carbocycles. The van der Waals surface area contributed by atoms with E-state index in [0.717, 1.165) is 6.54 Å². The molecule has 1 heterocycles. The van der Waals surface area contributed by atoms with Gasteiger partial charge in [-0.25, -0.2) is 13.8 Å². The molecule has 3 aromatic rings. The van der Waals surface area contributed by atoms with Gasteiger partial charge in [0.15, 0.2) is 5.78 Å². The standard InChI is InChI=1S/C21H20F2N2O/c1-25(2)12-6-11-20(26)15-13-19(21-16(22)8-5-9-17(21)23)24-18-10-4-3-7-14(15)18/h3-5,7-10,13H,6,11-12H2,1-2H3. The maximum atomic E-state index is 14.2. The first-order valence-electron chi connectivity index (χ1n) is 8.49. The van der Waals surface area contributed by atoms with E-state index >= 15 is 0 Å². The number of carbonyl (C=O) groups is 1. The van der Waals surface area contributed by atoms with Gasteiger partial charge in [-0.3, -0.25) is 4.79 Å². The van der Waals surface area contributed by atoms with Crippen LogP contribution in [0.4, 0.5) is 8.78 Å². The molecule has 0 bridgehead atoms. The summed E-state index contributed by atoms with van der Waals surface area (Å²) in [4.78, 5) is 19.1. The lowest BCUT2D eigenvalue weighted by atomic mass is 9.98. The largest absolute Gasteiger partial charge is 0.309 e. The molecule has 0 fully saturated rings. The highest BCUT2D eigenvalue weighted by Crippen LogP contribution is 2.29. The summed E-state index contributed by atoms with van der Waals surface area (Å²) >= 11 is 0. The lowest BCUT2D eigenvalue weighted by Gasteiger charge is -2.12. The van der Waals surface area contributed by atoms with E-state index in [4.69, 9.17) is 0 Å². The predicted molar refractivity (Wildman–Crippen MR) is 99.2 cm³/mol. The number of hydrogen-bond donors (Lipinski definition) is 0. The summed E-state index contributed by atoms with van der Waals surface area (Å²) in [6, 6.07) is 12.4. The van der Waals surface area contributed by atoms with Crippen molar-refractivity contribution in [3.8, 4) is 11.3 Å². The molecule has 134 valence electrons. The van der Waals surface area contributed by atoms with E-state index in [1.54, 1.807) is 12.1 Å². The highest BCUT2D eigenvalue weighted by molar-refractivity contribution is 6.08. The van der Waals surface area contributed by atoms with Crippen molar-refractivity contribution in [2.75, 3.05) is 20.6 Å². The Hall–Kier alpha value is -2.66. The Morgan fingerprint density at radius 3 is 2.42 bits per heavy atom. The van der Waals surface area contributed by atoms with Crippen LogP contribution >= 0.6 is 0 Å². The zero-order chi connectivity index (χ0) is 18.7. The van der Waals surface area contributed by atoms with Crippen LogP contribution in [-0.4, -0.2) is 36.3 Å². The Morgan fingerprint density at radius 1 is 1.04 bits per heavy atom. The van der Waals surface area contributed by atoms with E-state index in [2.05, 4.69) is 4.98 Å². The van der Waals surface area contributed by atoms with Crippen molar-refractivity contribution in [2.45, 2.75) is 12.8 Å². The summed E-state index contributed by atoms with van der Waals surface area (Å²) in [6.45, 7) is 0.795. The second kappa shape index (κ2) is 7.70. The summed E-state index contributed by atoms with van der Waals surface area (Å²) in [5.74, 6) is -1.44. The number of para-hydroxylation sites is 1. The van der Waals surface area contributed by atoms with E-state index in [-0.39, 0.29) is 17.0 Å². The maximum Gasteiger partial charge on any atom is 0.163 e. The first kappa shape index (κ1) is 18.1. The van der Waals surface area contributed by atoms with Gasteiger partial charge in [-0.05, 0) is 51.3 Å². The fraction of sp³-hybridized carbons (Fsp3) is 0.238. The molecule has 0 spiro atoms. The number of carbonyl (C=O) groups excluding carboxylic acids is 1. The highest BCUT2D eigenvalue weighted by Gasteiger charge is 2.18. The quantitative estimate of drug-likeness (QED) is 0.601. The second-order valence-electron chi connectivity index (χ2n) is 6.50. The smallest absolute Gasteiger partial charge is 0.163 e. The van der Waals surface area contributed by atoms with Gasteiger partial charge in [-0.1, -0.05) is 24.3 Å². The average Bonchev–Trinajstić information content (AvgIpc) is 2.60. The number of pyridine rings is 1. The van der Waals surface area contributed by atoms with Crippen molar-refractivity contribution in [3.63, 3.8) is 0 Å². The Morgan fingerprint density at radius 2 is 1.73 bits per heavy atom. The van der Waals surface area contributed by atoms with Gasteiger partial charge in [0.25, 0.3) is 0 Å². The van der Waals surface area contributed by atoms with Crippen LogP contribution in [0.25, 0.3) is 22.2 Å². The van der Waals surface area contributed by atoms with Crippen LogP contribution in [-0.2, 0) is 0 Å². The van der Waals surface area contributed by atoms with Gasteiger partial charge in [0.05, 0.1) is 16.8 Å². The molecule has 0 unspecified atom stereocenters. The van der Waals surface area contributed by atoms with E-state index in [1.807, 2.05) is 31.1 Å². The molecule has 3 rings (SSSR count). The third kappa shape index (κ3) is 3.78. The van der Waals surface area contributed by atoms with Gasteiger partial charge in [0.2, 0.25) is 0 Å². The lowest BCUT2D eigenvalue weighted by Crippen LogP contribution is -2.14. The first-order valence-corrected chi connectivity index (χ1v) is 8.49. The molecule has 0 aliphatic rings. The predicted octanol–water partition coefficient (Wildman–Crippen LogP) is 4.70. The molecule has 0 radical (unpaired) electrons. The minimum atomic E-state index is -0.696. The fourth-order valence-corrected chi connectivity index (χ4v) is 2.97. The Balaban J connectivity index is 2.09. The fourth-order valence-electron chi connectivity index (χ4n) is 2.97. The topological polar surface area (TPSA) is 33.2 Å². The third-order valence-corrected chi connectivity index (χ3v) is 4.24. The molecule has 0 N–H and O–H groups in total. The summed E-state index contributed by atoms with van der Waals surface area (Å²) < 4.78 is 28.4. The first-order chi connectivity index (χ1) is 12.5. The maximum absolute atomic E-state index is 14.2. The van der Waals surface area contributed by atoms with Crippen molar-refractivity contribution in [1.82, 2.24) is 9.88 Å². The third-order valence-electron chi connectivity index (χ3n) is 4.24. The van der Waals surface area contributed by atoms with Gasteiger partial charge < -0.3 is 4.90 Å². The molecular formula is C21H20F2N2O.